The molecule has 1 aromatic rings. The Balaban J connectivity index is 1.46. The number of benzene rings is 1. The second-order valence-corrected chi connectivity index (χ2v) is 12.2. The molecule has 32 heavy (non-hydrogen) atoms. The summed E-state index contributed by atoms with van der Waals surface area (Å²) < 4.78 is 13.3. The Kier molecular flexibility index (Phi) is 3.91. The highest BCUT2D eigenvalue weighted by Crippen LogP contribution is 2.77. The van der Waals surface area contributed by atoms with Gasteiger partial charge in [-0.1, -0.05) is 19.9 Å². The predicted octanol–water partition coefficient (Wildman–Crippen LogP) is 3.63. The fourth-order valence-corrected chi connectivity index (χ4v) is 9.32. The van der Waals surface area contributed by atoms with Crippen LogP contribution in [0.4, 0.5) is 0 Å². The first-order valence-corrected chi connectivity index (χ1v) is 12.9. The monoisotopic (exact) mass is 439 g/mol. The quantitative estimate of drug-likeness (QED) is 0.734. The summed E-state index contributed by atoms with van der Waals surface area (Å²) >= 11 is 0. The van der Waals surface area contributed by atoms with E-state index in [1.165, 1.54) is 30.5 Å². The van der Waals surface area contributed by atoms with E-state index in [2.05, 4.69) is 24.8 Å². The van der Waals surface area contributed by atoms with Crippen LogP contribution in [0.5, 0.6) is 11.5 Å². The molecular formula is C27H37NO4. The lowest BCUT2D eigenvalue weighted by Crippen LogP contribution is -2.82. The third-order valence-corrected chi connectivity index (χ3v) is 10.8. The van der Waals surface area contributed by atoms with Crippen molar-refractivity contribution in [3.05, 3.63) is 23.3 Å². The molecule has 7 atom stereocenters. The van der Waals surface area contributed by atoms with Crippen molar-refractivity contribution in [3.63, 3.8) is 0 Å². The Morgan fingerprint density at radius 2 is 2.03 bits per heavy atom. The zero-order chi connectivity index (χ0) is 22.0. The minimum Gasteiger partial charge on any atom is -0.504 e. The summed E-state index contributed by atoms with van der Waals surface area (Å²) in [6.45, 7) is 6.58. The summed E-state index contributed by atoms with van der Waals surface area (Å²) in [4.78, 5) is 2.82. The van der Waals surface area contributed by atoms with Gasteiger partial charge in [-0.05, 0) is 75.0 Å². The van der Waals surface area contributed by atoms with Gasteiger partial charge in [0.1, 0.15) is 11.7 Å². The molecule has 5 nitrogen and oxygen atoms in total. The third kappa shape index (κ3) is 2.09. The van der Waals surface area contributed by atoms with E-state index >= 15 is 0 Å². The van der Waals surface area contributed by atoms with Gasteiger partial charge < -0.3 is 19.7 Å². The minimum atomic E-state index is -0.505. The van der Waals surface area contributed by atoms with Gasteiger partial charge in [0.25, 0.3) is 0 Å². The highest BCUT2D eigenvalue weighted by molar-refractivity contribution is 5.63. The number of nitrogens with zero attached hydrogens (tertiary/aromatic N) is 1. The van der Waals surface area contributed by atoms with Crippen LogP contribution in [0.2, 0.25) is 0 Å². The average Bonchev–Trinajstić information content (AvgIpc) is 3.53. The maximum atomic E-state index is 11.5. The third-order valence-electron chi connectivity index (χ3n) is 10.8. The standard InChI is InChI=1S/C27H37NO4/c1-15(2)22(30)18-13-25-8-9-27(18,31-3)24-26(25)10-11-28(14-16-4-5-16)20(25)12-17-6-7-19(29)23(32-24)21(17)26/h6-7,15-16,18,20,22,24,29-30H,4-5,8-14H2,1-3H3/t18-,20-,22+,24-,25-,26+,27+/m1/s1. The molecule has 5 fully saturated rings. The van der Waals surface area contributed by atoms with E-state index < -0.39 is 11.7 Å². The number of aromatic hydroxyl groups is 1. The molecule has 2 aliphatic heterocycles. The zero-order valence-electron chi connectivity index (χ0n) is 19.6. The van der Waals surface area contributed by atoms with Crippen molar-refractivity contribution in [1.29, 1.82) is 0 Å². The predicted molar refractivity (Wildman–Crippen MR) is 121 cm³/mol. The summed E-state index contributed by atoms with van der Waals surface area (Å²) in [6, 6.07) is 4.48. The molecule has 1 aromatic carbocycles. The van der Waals surface area contributed by atoms with Crippen molar-refractivity contribution in [2.24, 2.45) is 23.2 Å². The summed E-state index contributed by atoms with van der Waals surface area (Å²) in [5, 5.41) is 22.3. The Hall–Kier alpha value is -1.30. The SMILES string of the molecule is CO[C@@]12CC[C@@]3(C[C@@H]1[C@@H](O)C(C)C)[C@H]1Cc4ccc(O)c5c4[C@@]3(CCN1CC1CC1)[C@H]2O5. The fraction of sp³-hybridized carbons (Fsp3) is 0.778. The molecule has 0 aromatic heterocycles. The Morgan fingerprint density at radius 1 is 1.22 bits per heavy atom. The molecule has 2 N–H and O–H groups in total. The van der Waals surface area contributed by atoms with Crippen molar-refractivity contribution in [2.45, 2.75) is 88.1 Å². The summed E-state index contributed by atoms with van der Waals surface area (Å²) in [5.41, 5.74) is 2.13. The number of aliphatic hydroxyl groups excluding tert-OH is 1. The maximum absolute atomic E-state index is 11.5. The van der Waals surface area contributed by atoms with Crippen molar-refractivity contribution in [2.75, 3.05) is 20.2 Å². The summed E-state index contributed by atoms with van der Waals surface area (Å²) in [6.07, 6.45) is 7.38. The van der Waals surface area contributed by atoms with Gasteiger partial charge in [0.2, 0.25) is 0 Å². The normalized spacial score (nSPS) is 44.5. The molecule has 5 heteroatoms. The first-order chi connectivity index (χ1) is 15.4. The van der Waals surface area contributed by atoms with Crippen LogP contribution in [0.25, 0.3) is 0 Å². The van der Waals surface area contributed by atoms with Gasteiger partial charge in [0, 0.05) is 42.0 Å². The molecule has 4 saturated carbocycles. The van der Waals surface area contributed by atoms with E-state index in [1.807, 2.05) is 13.2 Å². The van der Waals surface area contributed by atoms with Crippen LogP contribution in [0.1, 0.15) is 63.5 Å². The van der Waals surface area contributed by atoms with Crippen LogP contribution in [-0.2, 0) is 16.6 Å². The van der Waals surface area contributed by atoms with E-state index in [0.717, 1.165) is 44.6 Å². The number of rotatable bonds is 5. The Morgan fingerprint density at radius 3 is 2.75 bits per heavy atom. The van der Waals surface area contributed by atoms with Gasteiger partial charge >= 0.3 is 0 Å². The van der Waals surface area contributed by atoms with Gasteiger partial charge in [-0.15, -0.1) is 0 Å². The number of fused-ring (bicyclic) bond motifs is 2. The van der Waals surface area contributed by atoms with Crippen LogP contribution >= 0.6 is 0 Å². The topological polar surface area (TPSA) is 62.2 Å². The average molecular weight is 440 g/mol. The molecule has 0 amide bonds. The highest BCUT2D eigenvalue weighted by Gasteiger charge is 2.81. The van der Waals surface area contributed by atoms with E-state index in [1.54, 1.807) is 0 Å². The number of hydrogen-bond donors (Lipinski definition) is 2. The van der Waals surface area contributed by atoms with Crippen LogP contribution in [0, 0.1) is 23.2 Å². The number of hydrogen-bond acceptors (Lipinski definition) is 5. The molecule has 1 saturated heterocycles. The number of aliphatic hydroxyl groups is 1. The number of likely N-dealkylation sites (tertiary alicyclic amines) is 1. The van der Waals surface area contributed by atoms with E-state index in [-0.39, 0.29) is 34.5 Å². The molecule has 2 spiro atoms. The van der Waals surface area contributed by atoms with Crippen LogP contribution in [0.15, 0.2) is 12.1 Å². The second-order valence-electron chi connectivity index (χ2n) is 12.2. The fourth-order valence-electron chi connectivity index (χ4n) is 9.32. The van der Waals surface area contributed by atoms with Crippen LogP contribution in [0.3, 0.4) is 0 Å². The molecule has 4 bridgehead atoms. The molecular weight excluding hydrogens is 402 g/mol. The molecule has 174 valence electrons. The lowest BCUT2D eigenvalue weighted by Gasteiger charge is -2.74. The number of ether oxygens (including phenoxy) is 2. The van der Waals surface area contributed by atoms with Gasteiger partial charge in [0.15, 0.2) is 11.5 Å². The Bertz CT molecular complexity index is 975. The minimum absolute atomic E-state index is 0.0563. The van der Waals surface area contributed by atoms with Gasteiger partial charge in [-0.3, -0.25) is 4.90 Å². The van der Waals surface area contributed by atoms with Crippen molar-refractivity contribution in [1.82, 2.24) is 4.90 Å². The molecule has 0 radical (unpaired) electrons. The van der Waals surface area contributed by atoms with Gasteiger partial charge in [0.05, 0.1) is 6.10 Å². The van der Waals surface area contributed by atoms with E-state index in [0.29, 0.717) is 11.8 Å². The lowest BCUT2D eigenvalue weighted by molar-refractivity contribution is -0.292. The van der Waals surface area contributed by atoms with Crippen LogP contribution in [-0.4, -0.2) is 59.2 Å². The van der Waals surface area contributed by atoms with Gasteiger partial charge in [-0.25, -0.2) is 0 Å². The van der Waals surface area contributed by atoms with E-state index in [9.17, 15) is 10.2 Å². The zero-order valence-corrected chi connectivity index (χ0v) is 19.6. The van der Waals surface area contributed by atoms with Gasteiger partial charge in [-0.2, -0.15) is 0 Å². The first-order valence-electron chi connectivity index (χ1n) is 12.9. The number of piperidine rings is 1. The Labute approximate surface area is 191 Å². The van der Waals surface area contributed by atoms with Crippen molar-refractivity contribution >= 4 is 0 Å². The number of methoxy groups -OCH3 is 1. The largest absolute Gasteiger partial charge is 0.504 e. The highest BCUT2D eigenvalue weighted by atomic mass is 16.6. The van der Waals surface area contributed by atoms with E-state index in [4.69, 9.17) is 9.47 Å². The second kappa shape index (κ2) is 6.22. The maximum Gasteiger partial charge on any atom is 0.165 e. The number of phenolic OH excluding ortho intramolecular Hbond substituents is 1. The molecule has 0 unspecified atom stereocenters. The molecule has 5 aliphatic carbocycles. The summed E-state index contributed by atoms with van der Waals surface area (Å²) in [5.74, 6) is 2.09. The summed E-state index contributed by atoms with van der Waals surface area (Å²) in [7, 11) is 1.82. The smallest absolute Gasteiger partial charge is 0.165 e. The number of phenols is 1. The molecule has 7 aliphatic rings. The molecule has 8 rings (SSSR count). The van der Waals surface area contributed by atoms with Crippen LogP contribution < -0.4 is 4.74 Å². The molecule has 2 heterocycles. The van der Waals surface area contributed by atoms with Crippen molar-refractivity contribution < 1.29 is 19.7 Å². The first kappa shape index (κ1) is 20.1. The lowest BCUT2D eigenvalue weighted by atomic mass is 9.34. The van der Waals surface area contributed by atoms with Crippen molar-refractivity contribution in [3.8, 4) is 11.5 Å².